The van der Waals surface area contributed by atoms with Gasteiger partial charge in [0.05, 0.1) is 18.2 Å². The summed E-state index contributed by atoms with van der Waals surface area (Å²) in [7, 11) is 0. The zero-order chi connectivity index (χ0) is 20.7. The Kier molecular flexibility index (Phi) is 5.17. The predicted octanol–water partition coefficient (Wildman–Crippen LogP) is 3.97. The third kappa shape index (κ3) is 3.33. The van der Waals surface area contributed by atoms with Crippen molar-refractivity contribution < 1.29 is 19.8 Å². The Hall–Kier alpha value is -2.66. The summed E-state index contributed by atoms with van der Waals surface area (Å²) >= 11 is 0. The van der Waals surface area contributed by atoms with Crippen LogP contribution >= 0.6 is 0 Å². The molecule has 1 aliphatic heterocycles. The van der Waals surface area contributed by atoms with Crippen LogP contribution < -0.4 is 0 Å². The first-order valence-electron chi connectivity index (χ1n) is 10.3. The highest BCUT2D eigenvalue weighted by Gasteiger charge is 2.48. The molecule has 4 atom stereocenters. The quantitative estimate of drug-likeness (QED) is 0.827. The number of hydrogen-bond donors (Lipinski definition) is 2. The molecule has 2 aromatic rings. The molecule has 29 heavy (non-hydrogen) atoms. The molecule has 2 aromatic carbocycles. The van der Waals surface area contributed by atoms with Crippen molar-refractivity contribution in [3.05, 3.63) is 70.3 Å². The number of benzene rings is 2. The minimum absolute atomic E-state index is 0.186. The molecule has 1 saturated carbocycles. The predicted molar refractivity (Wildman–Crippen MR) is 110 cm³/mol. The van der Waals surface area contributed by atoms with Crippen LogP contribution in [0, 0.1) is 13.8 Å². The first-order chi connectivity index (χ1) is 13.9. The lowest BCUT2D eigenvalue weighted by Crippen LogP contribution is -2.54. The van der Waals surface area contributed by atoms with Crippen molar-refractivity contribution >= 4 is 11.9 Å². The van der Waals surface area contributed by atoms with Crippen molar-refractivity contribution in [2.75, 3.05) is 0 Å². The van der Waals surface area contributed by atoms with Crippen molar-refractivity contribution in [1.29, 1.82) is 0 Å². The SMILES string of the molecule is Cc1ccc(C2C(C(=O)O)c3ccccc3C(=O)N2C2CCCCC2O)c(C)c1. The Morgan fingerprint density at radius 1 is 1.03 bits per heavy atom. The zero-order valence-electron chi connectivity index (χ0n) is 16.8. The molecule has 4 unspecified atom stereocenters. The molecule has 2 aliphatic rings. The van der Waals surface area contributed by atoms with Gasteiger partial charge in [0.2, 0.25) is 0 Å². The molecule has 0 aromatic heterocycles. The molecule has 5 heteroatoms. The fourth-order valence-corrected chi connectivity index (χ4v) is 5.09. The normalized spacial score (nSPS) is 26.9. The van der Waals surface area contributed by atoms with Crippen molar-refractivity contribution in [3.8, 4) is 0 Å². The standard InChI is InChI=1S/C24H27NO4/c1-14-11-12-16(15(2)13-14)22-21(24(28)29)17-7-3-4-8-18(17)23(27)25(22)19-9-5-6-10-20(19)26/h3-4,7-8,11-13,19-22,26H,5-6,9-10H2,1-2H3,(H,28,29). The van der Waals surface area contributed by atoms with E-state index in [0.717, 1.165) is 29.5 Å². The van der Waals surface area contributed by atoms with E-state index < -0.39 is 24.0 Å². The highest BCUT2D eigenvalue weighted by atomic mass is 16.4. The van der Waals surface area contributed by atoms with Crippen LogP contribution in [0.5, 0.6) is 0 Å². The fourth-order valence-electron chi connectivity index (χ4n) is 5.09. The summed E-state index contributed by atoms with van der Waals surface area (Å²) < 4.78 is 0. The average Bonchev–Trinajstić information content (AvgIpc) is 2.69. The molecule has 0 radical (unpaired) electrons. The maximum atomic E-state index is 13.6. The number of rotatable bonds is 3. The molecule has 0 spiro atoms. The van der Waals surface area contributed by atoms with Crippen LogP contribution in [-0.4, -0.2) is 39.1 Å². The zero-order valence-corrected chi connectivity index (χ0v) is 16.8. The highest BCUT2D eigenvalue weighted by molar-refractivity contribution is 6.00. The Balaban J connectivity index is 1.94. The minimum atomic E-state index is -0.953. The number of carboxylic acid groups (broad SMARTS) is 1. The molecule has 0 bridgehead atoms. The maximum absolute atomic E-state index is 13.6. The number of carbonyl (C=O) groups is 2. The number of aliphatic hydroxyl groups excluding tert-OH is 1. The Bertz CT molecular complexity index is 954. The molecule has 0 saturated heterocycles. The maximum Gasteiger partial charge on any atom is 0.313 e. The van der Waals surface area contributed by atoms with Crippen LogP contribution in [0.4, 0.5) is 0 Å². The van der Waals surface area contributed by atoms with Crippen molar-refractivity contribution in [1.82, 2.24) is 4.90 Å². The van der Waals surface area contributed by atoms with Gasteiger partial charge in [-0.1, -0.05) is 54.8 Å². The number of aliphatic hydroxyl groups is 1. The van der Waals surface area contributed by atoms with Crippen LogP contribution in [0.2, 0.25) is 0 Å². The molecule has 1 amide bonds. The van der Waals surface area contributed by atoms with E-state index in [9.17, 15) is 19.8 Å². The summed E-state index contributed by atoms with van der Waals surface area (Å²) in [5, 5.41) is 21.0. The van der Waals surface area contributed by atoms with Gasteiger partial charge in [-0.25, -0.2) is 0 Å². The number of amides is 1. The second-order valence-electron chi connectivity index (χ2n) is 8.34. The van der Waals surface area contributed by atoms with Gasteiger partial charge in [-0.05, 0) is 49.4 Å². The number of nitrogens with zero attached hydrogens (tertiary/aromatic N) is 1. The second kappa shape index (κ2) is 7.64. The minimum Gasteiger partial charge on any atom is -0.481 e. The largest absolute Gasteiger partial charge is 0.481 e. The highest BCUT2D eigenvalue weighted by Crippen LogP contribution is 2.46. The van der Waals surface area contributed by atoms with E-state index in [1.54, 1.807) is 29.2 Å². The summed E-state index contributed by atoms with van der Waals surface area (Å²) in [6.07, 6.45) is 2.52. The lowest BCUT2D eigenvalue weighted by Gasteiger charge is -2.47. The monoisotopic (exact) mass is 393 g/mol. The summed E-state index contributed by atoms with van der Waals surface area (Å²) in [4.78, 5) is 27.8. The Labute approximate surface area is 171 Å². The van der Waals surface area contributed by atoms with Gasteiger partial charge in [-0.15, -0.1) is 0 Å². The number of carboxylic acids is 1. The van der Waals surface area contributed by atoms with Gasteiger partial charge in [0.1, 0.15) is 5.92 Å². The molecule has 4 rings (SSSR count). The summed E-state index contributed by atoms with van der Waals surface area (Å²) in [6, 6.07) is 11.9. The van der Waals surface area contributed by atoms with Gasteiger partial charge >= 0.3 is 5.97 Å². The molecule has 1 fully saturated rings. The van der Waals surface area contributed by atoms with E-state index in [0.29, 0.717) is 24.0 Å². The lowest BCUT2D eigenvalue weighted by atomic mass is 9.76. The van der Waals surface area contributed by atoms with E-state index in [4.69, 9.17) is 0 Å². The molecular formula is C24H27NO4. The molecule has 1 heterocycles. The van der Waals surface area contributed by atoms with Gasteiger partial charge in [0, 0.05) is 5.56 Å². The molecule has 5 nitrogen and oxygen atoms in total. The average molecular weight is 393 g/mol. The van der Waals surface area contributed by atoms with Crippen LogP contribution in [0.25, 0.3) is 0 Å². The third-order valence-electron chi connectivity index (χ3n) is 6.44. The number of fused-ring (bicyclic) bond motifs is 1. The topological polar surface area (TPSA) is 77.8 Å². The second-order valence-corrected chi connectivity index (χ2v) is 8.34. The lowest BCUT2D eigenvalue weighted by molar-refractivity contribution is -0.141. The molecule has 152 valence electrons. The van der Waals surface area contributed by atoms with Gasteiger partial charge in [-0.3, -0.25) is 9.59 Å². The van der Waals surface area contributed by atoms with E-state index in [1.807, 2.05) is 32.0 Å². The first kappa shape index (κ1) is 19.6. The number of carbonyl (C=O) groups excluding carboxylic acids is 1. The molecule has 1 aliphatic carbocycles. The van der Waals surface area contributed by atoms with E-state index in [1.165, 1.54) is 0 Å². The number of hydrogen-bond acceptors (Lipinski definition) is 3. The Morgan fingerprint density at radius 2 is 1.76 bits per heavy atom. The van der Waals surface area contributed by atoms with Gasteiger partial charge < -0.3 is 15.1 Å². The number of aryl methyl sites for hydroxylation is 2. The van der Waals surface area contributed by atoms with Gasteiger partial charge in [0.15, 0.2) is 0 Å². The van der Waals surface area contributed by atoms with Crippen LogP contribution in [0.3, 0.4) is 0 Å². The molecular weight excluding hydrogens is 366 g/mol. The first-order valence-corrected chi connectivity index (χ1v) is 10.3. The third-order valence-corrected chi connectivity index (χ3v) is 6.44. The van der Waals surface area contributed by atoms with Gasteiger partial charge in [0.25, 0.3) is 5.91 Å². The van der Waals surface area contributed by atoms with Crippen LogP contribution in [0.15, 0.2) is 42.5 Å². The van der Waals surface area contributed by atoms with E-state index in [-0.39, 0.29) is 11.9 Å². The summed E-state index contributed by atoms with van der Waals surface area (Å²) in [5.41, 5.74) is 3.87. The summed E-state index contributed by atoms with van der Waals surface area (Å²) in [6.45, 7) is 3.96. The van der Waals surface area contributed by atoms with Gasteiger partial charge in [-0.2, -0.15) is 0 Å². The number of aliphatic carboxylic acids is 1. The smallest absolute Gasteiger partial charge is 0.313 e. The fraction of sp³-hybridized carbons (Fsp3) is 0.417. The van der Waals surface area contributed by atoms with Crippen LogP contribution in [-0.2, 0) is 4.79 Å². The molecule has 2 N–H and O–H groups in total. The van der Waals surface area contributed by atoms with Crippen molar-refractivity contribution in [2.45, 2.75) is 63.6 Å². The van der Waals surface area contributed by atoms with Crippen molar-refractivity contribution in [2.24, 2.45) is 0 Å². The summed E-state index contributed by atoms with van der Waals surface area (Å²) in [5.74, 6) is -2.02. The van der Waals surface area contributed by atoms with Crippen LogP contribution in [0.1, 0.15) is 70.3 Å². The Morgan fingerprint density at radius 3 is 2.45 bits per heavy atom. The van der Waals surface area contributed by atoms with Crippen molar-refractivity contribution in [3.63, 3.8) is 0 Å². The van der Waals surface area contributed by atoms with E-state index in [2.05, 4.69) is 0 Å². The van der Waals surface area contributed by atoms with E-state index >= 15 is 0 Å².